The van der Waals surface area contributed by atoms with E-state index in [0.717, 1.165) is 42.6 Å². The van der Waals surface area contributed by atoms with Crippen LogP contribution in [-0.2, 0) is 21.4 Å². The van der Waals surface area contributed by atoms with Crippen molar-refractivity contribution >= 4 is 29.4 Å². The molecule has 0 unspecified atom stereocenters. The third-order valence-corrected chi connectivity index (χ3v) is 9.51. The summed E-state index contributed by atoms with van der Waals surface area (Å²) in [5.74, 6) is 1.13. The van der Waals surface area contributed by atoms with Crippen LogP contribution >= 0.6 is 11.6 Å². The van der Waals surface area contributed by atoms with Gasteiger partial charge in [0.15, 0.2) is 23.4 Å². The molecule has 3 fully saturated rings. The third-order valence-electron chi connectivity index (χ3n) is 9.26. The molecule has 2 N–H and O–H groups in total. The quantitative estimate of drug-likeness (QED) is 0.601. The van der Waals surface area contributed by atoms with Crippen LogP contribution in [0.15, 0.2) is 42.5 Å². The zero-order valence-electron chi connectivity index (χ0n) is 20.0. The highest BCUT2D eigenvalue weighted by Gasteiger charge is 2.73. The Bertz CT molecular complexity index is 1300. The average Bonchev–Trinajstić information content (AvgIpc) is 3.61. The maximum absolute atomic E-state index is 13.5. The molecular weight excluding hydrogens is 476 g/mol. The molecule has 2 aromatic rings. The van der Waals surface area contributed by atoms with E-state index in [9.17, 15) is 14.7 Å². The van der Waals surface area contributed by atoms with E-state index in [1.165, 1.54) is 12.8 Å². The third kappa shape index (κ3) is 3.07. The van der Waals surface area contributed by atoms with Crippen molar-refractivity contribution in [2.45, 2.75) is 61.6 Å². The van der Waals surface area contributed by atoms with E-state index in [4.69, 9.17) is 16.3 Å². The Morgan fingerprint density at radius 1 is 1.19 bits per heavy atom. The normalized spacial score (nSPS) is 32.3. The summed E-state index contributed by atoms with van der Waals surface area (Å²) in [4.78, 5) is 29.4. The number of piperidine rings is 1. The number of hydrogen-bond donors (Lipinski definition) is 2. The number of carbonyl (C=O) groups is 2. The SMILES string of the molecule is O=C(/C=C/c1ccc(Cl)cc1)N[C@]12CCC(=O)[C@H]3Oc4c(O)ccc5c4[C@]31CCN(CC1CC1)[C@H]2C5. The molecule has 186 valence electrons. The number of likely N-dealkylation sites (tertiary alicyclic amines) is 1. The first kappa shape index (κ1) is 22.4. The van der Waals surface area contributed by atoms with Gasteiger partial charge in [0.05, 0.1) is 11.0 Å². The smallest absolute Gasteiger partial charge is 0.244 e. The number of nitrogens with one attached hydrogen (secondary N) is 1. The largest absolute Gasteiger partial charge is 0.504 e. The molecule has 36 heavy (non-hydrogen) atoms. The Labute approximate surface area is 215 Å². The predicted molar refractivity (Wildman–Crippen MR) is 136 cm³/mol. The summed E-state index contributed by atoms with van der Waals surface area (Å²) in [6.45, 7) is 1.89. The second kappa shape index (κ2) is 7.83. The topological polar surface area (TPSA) is 78.9 Å². The number of benzene rings is 2. The highest BCUT2D eigenvalue weighted by Crippen LogP contribution is 2.65. The molecule has 2 saturated carbocycles. The summed E-state index contributed by atoms with van der Waals surface area (Å²) in [6.07, 6.45) is 7.63. The molecule has 2 bridgehead atoms. The minimum Gasteiger partial charge on any atom is -0.504 e. The second-order valence-electron chi connectivity index (χ2n) is 11.1. The summed E-state index contributed by atoms with van der Waals surface area (Å²) in [5.41, 5.74) is 1.66. The van der Waals surface area contributed by atoms with Gasteiger partial charge >= 0.3 is 0 Å². The van der Waals surface area contributed by atoms with Gasteiger partial charge in [-0.1, -0.05) is 29.8 Å². The van der Waals surface area contributed by atoms with Crippen LogP contribution in [0.3, 0.4) is 0 Å². The summed E-state index contributed by atoms with van der Waals surface area (Å²) < 4.78 is 6.30. The van der Waals surface area contributed by atoms with Gasteiger partial charge in [-0.05, 0) is 80.0 Å². The van der Waals surface area contributed by atoms with Crippen LogP contribution in [0.5, 0.6) is 11.5 Å². The highest BCUT2D eigenvalue weighted by atomic mass is 35.5. The lowest BCUT2D eigenvalue weighted by Crippen LogP contribution is -2.81. The Kier molecular flexibility index (Phi) is 4.87. The van der Waals surface area contributed by atoms with E-state index >= 15 is 0 Å². The van der Waals surface area contributed by atoms with Crippen LogP contribution in [0.2, 0.25) is 5.02 Å². The van der Waals surface area contributed by atoms with Crippen LogP contribution < -0.4 is 10.1 Å². The van der Waals surface area contributed by atoms with Gasteiger partial charge in [0.25, 0.3) is 0 Å². The monoisotopic (exact) mass is 504 g/mol. The number of amides is 1. The van der Waals surface area contributed by atoms with Crippen molar-refractivity contribution in [2.24, 2.45) is 5.92 Å². The molecule has 7 rings (SSSR count). The molecule has 1 saturated heterocycles. The standard InChI is InChI=1S/C29H29ClN2O4/c30-20-7-3-17(4-8-20)5-10-24(35)31-29-12-11-22(34)27-28(29)13-14-32(16-18-1-2-18)23(29)15-19-6-9-21(33)26(36-27)25(19)28/h3-10,18,23,27,33H,1-2,11-16H2,(H,31,35)/b10-5+/t23-,27+,28+,29-/m0/s1. The number of nitrogens with zero attached hydrogens (tertiary/aromatic N) is 1. The molecule has 3 aliphatic carbocycles. The van der Waals surface area contributed by atoms with E-state index < -0.39 is 17.1 Å². The first-order valence-electron chi connectivity index (χ1n) is 13.0. The van der Waals surface area contributed by atoms with E-state index in [2.05, 4.69) is 10.2 Å². The zero-order valence-corrected chi connectivity index (χ0v) is 20.8. The van der Waals surface area contributed by atoms with Gasteiger partial charge in [0.2, 0.25) is 5.91 Å². The Morgan fingerprint density at radius 3 is 2.78 bits per heavy atom. The van der Waals surface area contributed by atoms with Gasteiger partial charge in [-0.2, -0.15) is 0 Å². The maximum atomic E-state index is 13.5. The Balaban J connectivity index is 1.33. The van der Waals surface area contributed by atoms with Gasteiger partial charge in [-0.25, -0.2) is 0 Å². The molecule has 1 amide bonds. The number of halogens is 1. The van der Waals surface area contributed by atoms with Gasteiger partial charge < -0.3 is 15.2 Å². The minimum absolute atomic E-state index is 0.0643. The fourth-order valence-corrected chi connectivity index (χ4v) is 7.70. The summed E-state index contributed by atoms with van der Waals surface area (Å²) >= 11 is 6.00. The van der Waals surface area contributed by atoms with Crippen LogP contribution in [0.4, 0.5) is 0 Å². The lowest BCUT2D eigenvalue weighted by molar-refractivity contribution is -0.148. The Morgan fingerprint density at radius 2 is 2.00 bits per heavy atom. The summed E-state index contributed by atoms with van der Waals surface area (Å²) in [6, 6.07) is 11.1. The number of ketones is 1. The molecule has 5 aliphatic rings. The van der Waals surface area contributed by atoms with E-state index in [1.54, 1.807) is 30.4 Å². The van der Waals surface area contributed by atoms with Crippen molar-refractivity contribution in [3.05, 3.63) is 64.2 Å². The van der Waals surface area contributed by atoms with Crippen LogP contribution in [0.1, 0.15) is 48.8 Å². The molecule has 2 aliphatic heterocycles. The number of carbonyl (C=O) groups excluding carboxylic acids is 2. The Hall–Kier alpha value is -2.83. The predicted octanol–water partition coefficient (Wildman–Crippen LogP) is 4.02. The van der Waals surface area contributed by atoms with Crippen LogP contribution in [0, 0.1) is 5.92 Å². The maximum Gasteiger partial charge on any atom is 0.244 e. The molecule has 0 radical (unpaired) electrons. The highest BCUT2D eigenvalue weighted by molar-refractivity contribution is 6.30. The molecule has 2 heterocycles. The molecular formula is C29H29ClN2O4. The van der Waals surface area contributed by atoms with Crippen molar-refractivity contribution in [3.63, 3.8) is 0 Å². The number of Topliss-reactive ketones (excluding diaryl/α,β-unsaturated/α-hetero) is 1. The van der Waals surface area contributed by atoms with E-state index in [0.29, 0.717) is 29.5 Å². The van der Waals surface area contributed by atoms with Crippen molar-refractivity contribution in [1.82, 2.24) is 10.2 Å². The molecule has 6 nitrogen and oxygen atoms in total. The van der Waals surface area contributed by atoms with Crippen LogP contribution in [0.25, 0.3) is 6.08 Å². The van der Waals surface area contributed by atoms with Gasteiger partial charge in [-0.15, -0.1) is 0 Å². The van der Waals surface area contributed by atoms with Crippen molar-refractivity contribution in [1.29, 1.82) is 0 Å². The minimum atomic E-state index is -0.681. The molecule has 1 spiro atoms. The average molecular weight is 505 g/mol. The molecule has 7 heteroatoms. The lowest BCUT2D eigenvalue weighted by Gasteiger charge is -2.65. The fraction of sp³-hybridized carbons (Fsp3) is 0.448. The van der Waals surface area contributed by atoms with Crippen molar-refractivity contribution in [2.75, 3.05) is 13.1 Å². The molecule has 0 aromatic heterocycles. The number of hydrogen-bond acceptors (Lipinski definition) is 5. The summed E-state index contributed by atoms with van der Waals surface area (Å²) in [7, 11) is 0. The summed E-state index contributed by atoms with van der Waals surface area (Å²) in [5, 5.41) is 14.8. The second-order valence-corrected chi connectivity index (χ2v) is 11.6. The number of rotatable bonds is 5. The number of ether oxygens (including phenoxy) is 1. The van der Waals surface area contributed by atoms with Gasteiger partial charge in [0.1, 0.15) is 0 Å². The number of phenolic OH excluding ortho intramolecular Hbond substituents is 1. The van der Waals surface area contributed by atoms with E-state index in [1.807, 2.05) is 18.2 Å². The van der Waals surface area contributed by atoms with Crippen LogP contribution in [-0.4, -0.2) is 52.5 Å². The zero-order chi connectivity index (χ0) is 24.7. The van der Waals surface area contributed by atoms with E-state index in [-0.39, 0.29) is 23.5 Å². The number of phenols is 1. The first-order valence-corrected chi connectivity index (χ1v) is 13.3. The molecule has 4 atom stereocenters. The van der Waals surface area contributed by atoms with Gasteiger partial charge in [-0.3, -0.25) is 14.5 Å². The van der Waals surface area contributed by atoms with Crippen molar-refractivity contribution in [3.8, 4) is 11.5 Å². The lowest BCUT2D eigenvalue weighted by atomic mass is 9.47. The fourth-order valence-electron chi connectivity index (χ4n) is 7.57. The van der Waals surface area contributed by atoms with Gasteiger partial charge in [0, 0.05) is 35.7 Å². The molecule has 2 aromatic carbocycles. The van der Waals surface area contributed by atoms with Crippen molar-refractivity contribution < 1.29 is 19.4 Å². The first-order chi connectivity index (χ1) is 17.4. The number of aromatic hydroxyl groups is 1.